The molecule has 1 aliphatic heterocycles. The van der Waals surface area contributed by atoms with Gasteiger partial charge in [0.15, 0.2) is 0 Å². The van der Waals surface area contributed by atoms with Crippen molar-refractivity contribution in [2.24, 2.45) is 11.7 Å². The van der Waals surface area contributed by atoms with Gasteiger partial charge >= 0.3 is 0 Å². The average Bonchev–Trinajstić information content (AvgIpc) is 3.01. The third-order valence-corrected chi connectivity index (χ3v) is 4.10. The van der Waals surface area contributed by atoms with E-state index in [-0.39, 0.29) is 30.7 Å². The number of likely N-dealkylation sites (tertiary alicyclic amines) is 1. The van der Waals surface area contributed by atoms with Crippen molar-refractivity contribution in [3.63, 3.8) is 0 Å². The van der Waals surface area contributed by atoms with Crippen molar-refractivity contribution in [2.45, 2.75) is 26.7 Å². The second-order valence-corrected chi connectivity index (χ2v) is 5.63. The number of halogens is 2. The first kappa shape index (κ1) is 22.0. The normalized spacial score (nSPS) is 16.5. The summed E-state index contributed by atoms with van der Waals surface area (Å²) in [6.45, 7) is 8.42. The highest BCUT2D eigenvalue weighted by Gasteiger charge is 2.26. The van der Waals surface area contributed by atoms with Gasteiger partial charge in [0.25, 0.3) is 5.91 Å². The first-order chi connectivity index (χ1) is 10.2. The molecule has 1 amide bonds. The van der Waals surface area contributed by atoms with E-state index in [1.54, 1.807) is 6.20 Å². The Morgan fingerprint density at radius 3 is 2.61 bits per heavy atom. The van der Waals surface area contributed by atoms with Gasteiger partial charge in [-0.15, -0.1) is 24.8 Å². The van der Waals surface area contributed by atoms with Crippen LogP contribution in [0.3, 0.4) is 0 Å². The Bertz CT molecular complexity index is 470. The van der Waals surface area contributed by atoms with Crippen molar-refractivity contribution < 1.29 is 4.79 Å². The van der Waals surface area contributed by atoms with Crippen LogP contribution in [-0.4, -0.2) is 48.5 Å². The summed E-state index contributed by atoms with van der Waals surface area (Å²) >= 11 is 0. The summed E-state index contributed by atoms with van der Waals surface area (Å²) in [5, 5.41) is 0. The lowest BCUT2D eigenvalue weighted by Gasteiger charge is -2.21. The second-order valence-electron chi connectivity index (χ2n) is 5.63. The number of carbonyl (C=O) groups excluding carboxylic acids is 1. The van der Waals surface area contributed by atoms with Gasteiger partial charge in [0, 0.05) is 32.4 Å². The highest BCUT2D eigenvalue weighted by Crippen LogP contribution is 2.18. The van der Waals surface area contributed by atoms with E-state index in [0.717, 1.165) is 44.8 Å². The second kappa shape index (κ2) is 10.7. The van der Waals surface area contributed by atoms with Crippen molar-refractivity contribution in [2.75, 3.05) is 37.6 Å². The zero-order chi connectivity index (χ0) is 15.2. The number of aromatic nitrogens is 1. The minimum absolute atomic E-state index is 0. The highest BCUT2D eigenvalue weighted by atomic mass is 35.5. The fourth-order valence-corrected chi connectivity index (χ4v) is 2.80. The van der Waals surface area contributed by atoms with Gasteiger partial charge in [-0.25, -0.2) is 4.98 Å². The molecule has 1 aromatic heterocycles. The van der Waals surface area contributed by atoms with Crippen molar-refractivity contribution in [1.82, 2.24) is 9.88 Å². The number of rotatable bonds is 6. The quantitative estimate of drug-likeness (QED) is 0.844. The van der Waals surface area contributed by atoms with Crippen LogP contribution in [0.1, 0.15) is 37.0 Å². The molecule has 1 atom stereocenters. The van der Waals surface area contributed by atoms with E-state index in [1.165, 1.54) is 0 Å². The lowest BCUT2D eigenvalue weighted by molar-refractivity contribution is 0.0787. The fourth-order valence-electron chi connectivity index (χ4n) is 2.80. The predicted octanol–water partition coefficient (Wildman–Crippen LogP) is 2.58. The van der Waals surface area contributed by atoms with E-state index in [9.17, 15) is 4.79 Å². The molecule has 1 saturated heterocycles. The summed E-state index contributed by atoms with van der Waals surface area (Å²) in [6, 6.07) is 3.83. The molecule has 0 radical (unpaired) electrons. The van der Waals surface area contributed by atoms with Gasteiger partial charge < -0.3 is 15.5 Å². The molecule has 2 rings (SSSR count). The Balaban J connectivity index is 0.00000242. The van der Waals surface area contributed by atoms with E-state index < -0.39 is 0 Å². The number of hydrogen-bond donors (Lipinski definition) is 1. The van der Waals surface area contributed by atoms with Crippen LogP contribution in [0.15, 0.2) is 18.3 Å². The third-order valence-electron chi connectivity index (χ3n) is 4.10. The minimum atomic E-state index is 0. The Kier molecular flexibility index (Phi) is 10.2. The fraction of sp³-hybridized carbons (Fsp3) is 0.625. The summed E-state index contributed by atoms with van der Waals surface area (Å²) in [6.07, 6.45) is 3.80. The molecular formula is C16H28Cl2N4O. The maximum absolute atomic E-state index is 12.4. The average molecular weight is 363 g/mol. The molecule has 0 aliphatic carbocycles. The highest BCUT2D eigenvalue weighted by molar-refractivity contribution is 5.94. The Hall–Kier alpha value is -1.04. The molecule has 2 N–H and O–H groups in total. The maximum Gasteiger partial charge on any atom is 0.255 e. The maximum atomic E-state index is 12.4. The van der Waals surface area contributed by atoms with Crippen molar-refractivity contribution in [1.29, 1.82) is 0 Å². The summed E-state index contributed by atoms with van der Waals surface area (Å²) < 4.78 is 0. The monoisotopic (exact) mass is 362 g/mol. The van der Waals surface area contributed by atoms with Crippen LogP contribution in [0, 0.1) is 5.92 Å². The van der Waals surface area contributed by atoms with Gasteiger partial charge in [-0.05, 0) is 44.4 Å². The number of nitrogens with two attached hydrogens (primary N) is 1. The van der Waals surface area contributed by atoms with E-state index in [1.807, 2.05) is 17.0 Å². The van der Waals surface area contributed by atoms with E-state index in [0.29, 0.717) is 18.0 Å². The Labute approximate surface area is 151 Å². The zero-order valence-electron chi connectivity index (χ0n) is 13.9. The van der Waals surface area contributed by atoms with Crippen molar-refractivity contribution in [3.05, 3.63) is 23.9 Å². The van der Waals surface area contributed by atoms with Crippen LogP contribution in [0.5, 0.6) is 0 Å². The number of carbonyl (C=O) groups is 1. The number of amides is 1. The number of nitrogens with zero attached hydrogens (tertiary/aromatic N) is 3. The molecule has 0 spiro atoms. The lowest BCUT2D eigenvalue weighted by atomic mass is 10.1. The van der Waals surface area contributed by atoms with E-state index in [4.69, 9.17) is 5.73 Å². The number of anilines is 1. The molecule has 1 aliphatic rings. The molecular weight excluding hydrogens is 335 g/mol. The largest absolute Gasteiger partial charge is 0.357 e. The molecule has 0 saturated carbocycles. The molecule has 5 nitrogen and oxygen atoms in total. The van der Waals surface area contributed by atoms with Gasteiger partial charge in [-0.1, -0.05) is 6.92 Å². The topological polar surface area (TPSA) is 62.5 Å². The van der Waals surface area contributed by atoms with Gasteiger partial charge in [-0.2, -0.15) is 0 Å². The van der Waals surface area contributed by atoms with Crippen LogP contribution in [0.4, 0.5) is 5.82 Å². The number of hydrogen-bond acceptors (Lipinski definition) is 4. The predicted molar refractivity (Wildman–Crippen MR) is 100.0 cm³/mol. The van der Waals surface area contributed by atoms with Gasteiger partial charge in [0.1, 0.15) is 5.82 Å². The summed E-state index contributed by atoms with van der Waals surface area (Å²) in [7, 11) is 0. The van der Waals surface area contributed by atoms with Crippen molar-refractivity contribution >= 4 is 36.5 Å². The molecule has 23 heavy (non-hydrogen) atoms. The zero-order valence-corrected chi connectivity index (χ0v) is 15.5. The first-order valence-corrected chi connectivity index (χ1v) is 7.89. The van der Waals surface area contributed by atoms with Crippen LogP contribution < -0.4 is 10.6 Å². The molecule has 1 fully saturated rings. The molecule has 7 heteroatoms. The van der Waals surface area contributed by atoms with Crippen LogP contribution in [-0.2, 0) is 0 Å². The summed E-state index contributed by atoms with van der Waals surface area (Å²) in [4.78, 5) is 21.0. The molecule has 0 aromatic carbocycles. The Morgan fingerprint density at radius 2 is 2.13 bits per heavy atom. The smallest absolute Gasteiger partial charge is 0.255 e. The molecule has 0 bridgehead atoms. The van der Waals surface area contributed by atoms with Crippen LogP contribution >= 0.6 is 24.8 Å². The molecule has 1 aromatic rings. The SMILES string of the molecule is CCCN(CC)c1ccc(C(=O)N2CCC(CN)C2)cn1.Cl.Cl. The first-order valence-electron chi connectivity index (χ1n) is 7.89. The van der Waals surface area contributed by atoms with Crippen LogP contribution in [0.2, 0.25) is 0 Å². The molecule has 132 valence electrons. The van der Waals surface area contributed by atoms with Gasteiger partial charge in [0.05, 0.1) is 5.56 Å². The standard InChI is InChI=1S/C16H26N4O.2ClH/c1-3-8-19(4-2)15-6-5-14(11-18-15)16(21)20-9-7-13(10-17)12-20;;/h5-6,11,13H,3-4,7-10,12,17H2,1-2H3;2*1H. The van der Waals surface area contributed by atoms with Gasteiger partial charge in [-0.3, -0.25) is 4.79 Å². The van der Waals surface area contributed by atoms with Crippen molar-refractivity contribution in [3.8, 4) is 0 Å². The lowest BCUT2D eigenvalue weighted by Crippen LogP contribution is -2.30. The third kappa shape index (κ3) is 5.52. The minimum Gasteiger partial charge on any atom is -0.357 e. The molecule has 1 unspecified atom stereocenters. The molecule has 2 heterocycles. The van der Waals surface area contributed by atoms with E-state index >= 15 is 0 Å². The summed E-state index contributed by atoms with van der Waals surface area (Å²) in [5.41, 5.74) is 6.35. The summed E-state index contributed by atoms with van der Waals surface area (Å²) in [5.74, 6) is 1.46. The Morgan fingerprint density at radius 1 is 1.39 bits per heavy atom. The van der Waals surface area contributed by atoms with E-state index in [2.05, 4.69) is 23.7 Å². The van der Waals surface area contributed by atoms with Crippen LogP contribution in [0.25, 0.3) is 0 Å². The number of pyridine rings is 1. The van der Waals surface area contributed by atoms with Gasteiger partial charge in [0.2, 0.25) is 0 Å².